The molecule has 1 aromatic carbocycles. The zero-order chi connectivity index (χ0) is 22.5. The van der Waals surface area contributed by atoms with Crippen molar-refractivity contribution in [3.8, 4) is 0 Å². The minimum absolute atomic E-state index is 0.0226. The number of anilines is 2. The minimum atomic E-state index is -0.0524. The molecule has 1 aliphatic carbocycles. The molecule has 1 aromatic heterocycles. The van der Waals surface area contributed by atoms with Crippen molar-refractivity contribution in [2.45, 2.75) is 52.0 Å². The second-order valence-corrected chi connectivity index (χ2v) is 9.25. The quantitative estimate of drug-likeness (QED) is 0.716. The van der Waals surface area contributed by atoms with Gasteiger partial charge in [-0.2, -0.15) is 5.10 Å². The smallest absolute Gasteiger partial charge is 0.345 e. The summed E-state index contributed by atoms with van der Waals surface area (Å²) in [6, 6.07) is 8.04. The van der Waals surface area contributed by atoms with Gasteiger partial charge in [-0.15, -0.1) is 0 Å². The number of benzene rings is 1. The van der Waals surface area contributed by atoms with Gasteiger partial charge in [0.15, 0.2) is 0 Å². The van der Waals surface area contributed by atoms with E-state index in [2.05, 4.69) is 26.3 Å². The second-order valence-electron chi connectivity index (χ2n) is 9.25. The van der Waals surface area contributed by atoms with Crippen LogP contribution in [-0.2, 0) is 24.8 Å². The van der Waals surface area contributed by atoms with Gasteiger partial charge in [-0.1, -0.05) is 25.3 Å². The predicted molar refractivity (Wildman–Crippen MR) is 127 cm³/mol. The molecular weight excluding hydrogens is 404 g/mol. The van der Waals surface area contributed by atoms with E-state index in [9.17, 15) is 9.59 Å². The topological polar surface area (TPSA) is 75.4 Å². The van der Waals surface area contributed by atoms with Gasteiger partial charge in [0.05, 0.1) is 0 Å². The molecule has 1 aliphatic heterocycles. The summed E-state index contributed by atoms with van der Waals surface area (Å²) in [6.07, 6.45) is 7.16. The largest absolute Gasteiger partial charge is 0.369 e. The number of piperazine rings is 1. The van der Waals surface area contributed by atoms with Crippen LogP contribution in [-0.4, -0.2) is 57.9 Å². The Balaban J connectivity index is 1.31. The Morgan fingerprint density at radius 1 is 1.12 bits per heavy atom. The molecule has 0 spiro atoms. The average Bonchev–Trinajstić information content (AvgIpc) is 3.06. The van der Waals surface area contributed by atoms with E-state index in [0.717, 1.165) is 62.9 Å². The summed E-state index contributed by atoms with van der Waals surface area (Å²) in [6.45, 7) is 7.11. The molecule has 8 heteroatoms. The average molecular weight is 441 g/mol. The summed E-state index contributed by atoms with van der Waals surface area (Å²) >= 11 is 0. The van der Waals surface area contributed by atoms with Crippen LogP contribution in [0.2, 0.25) is 0 Å². The van der Waals surface area contributed by atoms with E-state index in [1.54, 1.807) is 7.05 Å². The summed E-state index contributed by atoms with van der Waals surface area (Å²) < 4.78 is 3.43. The van der Waals surface area contributed by atoms with Crippen LogP contribution < -0.4 is 15.9 Å². The fourth-order valence-electron chi connectivity index (χ4n) is 5.02. The summed E-state index contributed by atoms with van der Waals surface area (Å²) in [4.78, 5) is 28.8. The molecule has 0 atom stereocenters. The molecule has 1 saturated heterocycles. The molecule has 8 nitrogen and oxygen atoms in total. The molecule has 1 amide bonds. The summed E-state index contributed by atoms with van der Waals surface area (Å²) in [5.41, 5.74) is 2.00. The number of nitrogens with one attached hydrogen (secondary N) is 1. The number of aromatic nitrogens is 3. The highest BCUT2D eigenvalue weighted by Crippen LogP contribution is 2.25. The highest BCUT2D eigenvalue weighted by atomic mass is 16.2. The van der Waals surface area contributed by atoms with E-state index < -0.39 is 0 Å². The molecule has 174 valence electrons. The van der Waals surface area contributed by atoms with E-state index in [1.807, 2.05) is 22.8 Å². The second kappa shape index (κ2) is 10.3. The van der Waals surface area contributed by atoms with Crippen LogP contribution >= 0.6 is 0 Å². The number of carbonyl (C=O) groups is 1. The molecule has 2 aromatic rings. The Hall–Kier alpha value is -2.61. The fraction of sp³-hybridized carbons (Fsp3) is 0.625. The lowest BCUT2D eigenvalue weighted by Crippen LogP contribution is -2.47. The van der Waals surface area contributed by atoms with Crippen molar-refractivity contribution >= 4 is 17.3 Å². The zero-order valence-electron chi connectivity index (χ0n) is 19.4. The molecule has 4 rings (SSSR count). The summed E-state index contributed by atoms with van der Waals surface area (Å²) in [7, 11) is 1.76. The van der Waals surface area contributed by atoms with Crippen LogP contribution in [0, 0.1) is 5.92 Å². The highest BCUT2D eigenvalue weighted by molar-refractivity contribution is 5.89. The van der Waals surface area contributed by atoms with Crippen LogP contribution in [0.4, 0.5) is 11.4 Å². The SMILES string of the molecule is CC(=O)Nc1cccc(N2CCN(CCc3nn(C)c(=O)n3CC3CCCCC3)CC2)c1. The van der Waals surface area contributed by atoms with Crippen molar-refractivity contribution in [1.82, 2.24) is 19.2 Å². The molecule has 0 unspecified atom stereocenters. The number of rotatable bonds is 7. The summed E-state index contributed by atoms with van der Waals surface area (Å²) in [5.74, 6) is 1.48. The molecule has 2 aliphatic rings. The van der Waals surface area contributed by atoms with E-state index in [1.165, 1.54) is 43.7 Å². The standard InChI is InChI=1S/C24H36N6O2/c1-19(31)25-21-9-6-10-22(17-21)29-15-13-28(14-16-29)12-11-23-26-27(2)24(32)30(23)18-20-7-4-3-5-8-20/h6,9-10,17,20H,3-5,7-8,11-16,18H2,1-2H3,(H,25,31). The Bertz CT molecular complexity index is 967. The van der Waals surface area contributed by atoms with Gasteiger partial charge in [0.2, 0.25) is 5.91 Å². The van der Waals surface area contributed by atoms with Crippen molar-refractivity contribution < 1.29 is 4.79 Å². The van der Waals surface area contributed by atoms with Crippen molar-refractivity contribution in [2.24, 2.45) is 13.0 Å². The van der Waals surface area contributed by atoms with Crippen LogP contribution in [0.15, 0.2) is 29.1 Å². The molecular formula is C24H36N6O2. The Labute approximate surface area is 190 Å². The third-order valence-electron chi connectivity index (χ3n) is 6.81. The van der Waals surface area contributed by atoms with E-state index in [0.29, 0.717) is 5.92 Å². The van der Waals surface area contributed by atoms with Gasteiger partial charge >= 0.3 is 5.69 Å². The monoisotopic (exact) mass is 440 g/mol. The maximum absolute atomic E-state index is 12.6. The number of nitrogens with zero attached hydrogens (tertiary/aromatic N) is 5. The molecule has 2 fully saturated rings. The van der Waals surface area contributed by atoms with Crippen molar-refractivity contribution in [3.05, 3.63) is 40.6 Å². The molecule has 0 bridgehead atoms. The van der Waals surface area contributed by atoms with Gasteiger partial charge in [-0.25, -0.2) is 9.48 Å². The van der Waals surface area contributed by atoms with Crippen LogP contribution in [0.1, 0.15) is 44.9 Å². The Morgan fingerprint density at radius 3 is 2.59 bits per heavy atom. The van der Waals surface area contributed by atoms with Gasteiger partial charge in [-0.3, -0.25) is 14.3 Å². The Kier molecular flexibility index (Phi) is 7.29. The minimum Gasteiger partial charge on any atom is -0.369 e. The van der Waals surface area contributed by atoms with Gasteiger partial charge in [0.25, 0.3) is 0 Å². The van der Waals surface area contributed by atoms with Crippen molar-refractivity contribution in [3.63, 3.8) is 0 Å². The van der Waals surface area contributed by atoms with Crippen LogP contribution in [0.5, 0.6) is 0 Å². The lowest BCUT2D eigenvalue weighted by molar-refractivity contribution is -0.114. The van der Waals surface area contributed by atoms with Gasteiger partial charge in [0, 0.05) is 71.0 Å². The van der Waals surface area contributed by atoms with E-state index in [-0.39, 0.29) is 11.6 Å². The van der Waals surface area contributed by atoms with Gasteiger partial charge < -0.3 is 10.2 Å². The third kappa shape index (κ3) is 5.59. The fourth-order valence-corrected chi connectivity index (χ4v) is 5.02. The normalized spacial score (nSPS) is 18.1. The predicted octanol–water partition coefficient (Wildman–Crippen LogP) is 2.49. The molecule has 2 heterocycles. The number of hydrogen-bond acceptors (Lipinski definition) is 5. The lowest BCUT2D eigenvalue weighted by Gasteiger charge is -2.36. The van der Waals surface area contributed by atoms with Crippen molar-refractivity contribution in [1.29, 1.82) is 0 Å². The first-order valence-corrected chi connectivity index (χ1v) is 12.0. The summed E-state index contributed by atoms with van der Waals surface area (Å²) in [5, 5.41) is 7.41. The maximum atomic E-state index is 12.6. The zero-order valence-corrected chi connectivity index (χ0v) is 19.4. The maximum Gasteiger partial charge on any atom is 0.345 e. The molecule has 32 heavy (non-hydrogen) atoms. The van der Waals surface area contributed by atoms with E-state index >= 15 is 0 Å². The van der Waals surface area contributed by atoms with Gasteiger partial charge in [-0.05, 0) is 37.0 Å². The first-order valence-electron chi connectivity index (χ1n) is 12.0. The number of hydrogen-bond donors (Lipinski definition) is 1. The molecule has 0 radical (unpaired) electrons. The first-order chi connectivity index (χ1) is 15.5. The lowest BCUT2D eigenvalue weighted by atomic mass is 9.89. The molecule has 1 N–H and O–H groups in total. The number of amides is 1. The van der Waals surface area contributed by atoms with Crippen LogP contribution in [0.3, 0.4) is 0 Å². The number of aryl methyl sites for hydroxylation is 1. The number of carbonyl (C=O) groups excluding carboxylic acids is 1. The highest BCUT2D eigenvalue weighted by Gasteiger charge is 2.21. The Morgan fingerprint density at radius 2 is 1.88 bits per heavy atom. The van der Waals surface area contributed by atoms with Crippen LogP contribution in [0.25, 0.3) is 0 Å². The van der Waals surface area contributed by atoms with E-state index in [4.69, 9.17) is 0 Å². The first kappa shape index (κ1) is 22.6. The third-order valence-corrected chi connectivity index (χ3v) is 6.81. The van der Waals surface area contributed by atoms with Crippen molar-refractivity contribution in [2.75, 3.05) is 42.9 Å². The van der Waals surface area contributed by atoms with Gasteiger partial charge in [0.1, 0.15) is 5.82 Å². The molecule has 1 saturated carbocycles.